The molecule has 116 valence electrons. The lowest BCUT2D eigenvalue weighted by Gasteiger charge is -2.27. The van der Waals surface area contributed by atoms with Gasteiger partial charge in [0.05, 0.1) is 0 Å². The Kier molecular flexibility index (Phi) is 3.71. The number of hydrogen-bond acceptors (Lipinski definition) is 6. The summed E-state index contributed by atoms with van der Waals surface area (Å²) in [4.78, 5) is 6.67. The molecule has 6 nitrogen and oxygen atoms in total. The fourth-order valence-corrected chi connectivity index (χ4v) is 2.76. The van der Waals surface area contributed by atoms with E-state index >= 15 is 0 Å². The summed E-state index contributed by atoms with van der Waals surface area (Å²) in [5.74, 6) is 1.86. The molecule has 0 aliphatic carbocycles. The third-order valence-electron chi connectivity index (χ3n) is 4.01. The minimum atomic E-state index is 0.390. The first-order valence-corrected chi connectivity index (χ1v) is 7.88. The predicted octanol–water partition coefficient (Wildman–Crippen LogP) is 3.18. The van der Waals surface area contributed by atoms with Crippen molar-refractivity contribution in [3.05, 3.63) is 42.5 Å². The summed E-state index contributed by atoms with van der Waals surface area (Å²) in [6.45, 7) is 2.10. The van der Waals surface area contributed by atoms with Gasteiger partial charge in [-0.25, -0.2) is 0 Å². The second-order valence-electron chi connectivity index (χ2n) is 5.61. The number of anilines is 1. The monoisotopic (exact) mass is 307 g/mol. The van der Waals surface area contributed by atoms with Gasteiger partial charge in [0, 0.05) is 18.7 Å². The van der Waals surface area contributed by atoms with Gasteiger partial charge >= 0.3 is 0 Å². The number of benzene rings is 1. The van der Waals surface area contributed by atoms with Crippen LogP contribution in [0.3, 0.4) is 0 Å². The normalized spacial score (nSPS) is 14.9. The van der Waals surface area contributed by atoms with Crippen LogP contribution in [0.25, 0.3) is 23.0 Å². The van der Waals surface area contributed by atoms with Crippen LogP contribution < -0.4 is 4.90 Å². The molecule has 1 saturated heterocycles. The van der Waals surface area contributed by atoms with E-state index < -0.39 is 0 Å². The van der Waals surface area contributed by atoms with E-state index in [1.807, 2.05) is 42.5 Å². The quantitative estimate of drug-likeness (QED) is 0.740. The van der Waals surface area contributed by atoms with Crippen molar-refractivity contribution >= 4 is 5.82 Å². The SMILES string of the molecule is c1ccc(-c2noc(-c3ccc(N4CCCCC4)nn3)n2)cc1. The maximum Gasteiger partial charge on any atom is 0.278 e. The summed E-state index contributed by atoms with van der Waals surface area (Å²) in [7, 11) is 0. The smallest absolute Gasteiger partial charge is 0.278 e. The number of hydrogen-bond donors (Lipinski definition) is 0. The van der Waals surface area contributed by atoms with E-state index in [1.165, 1.54) is 19.3 Å². The van der Waals surface area contributed by atoms with Gasteiger partial charge in [-0.3, -0.25) is 0 Å². The summed E-state index contributed by atoms with van der Waals surface area (Å²) in [6.07, 6.45) is 3.73. The Labute approximate surface area is 134 Å². The van der Waals surface area contributed by atoms with Crippen molar-refractivity contribution in [2.24, 2.45) is 0 Å². The van der Waals surface area contributed by atoms with Crippen molar-refractivity contribution in [2.45, 2.75) is 19.3 Å². The van der Waals surface area contributed by atoms with Crippen molar-refractivity contribution in [3.63, 3.8) is 0 Å². The average molecular weight is 307 g/mol. The highest BCUT2D eigenvalue weighted by molar-refractivity contribution is 5.57. The zero-order valence-corrected chi connectivity index (χ0v) is 12.7. The lowest BCUT2D eigenvalue weighted by molar-refractivity contribution is 0.430. The minimum Gasteiger partial charge on any atom is -0.355 e. The van der Waals surface area contributed by atoms with Gasteiger partial charge in [0.15, 0.2) is 11.5 Å². The van der Waals surface area contributed by atoms with Crippen LogP contribution >= 0.6 is 0 Å². The first kappa shape index (κ1) is 13.9. The van der Waals surface area contributed by atoms with Crippen LogP contribution in [0.5, 0.6) is 0 Å². The molecule has 0 atom stereocenters. The largest absolute Gasteiger partial charge is 0.355 e. The fraction of sp³-hybridized carbons (Fsp3) is 0.294. The fourth-order valence-electron chi connectivity index (χ4n) is 2.76. The Morgan fingerprint density at radius 3 is 2.43 bits per heavy atom. The van der Waals surface area contributed by atoms with Gasteiger partial charge in [-0.15, -0.1) is 10.2 Å². The first-order valence-electron chi connectivity index (χ1n) is 7.88. The molecule has 23 heavy (non-hydrogen) atoms. The van der Waals surface area contributed by atoms with Crippen LogP contribution in [0.2, 0.25) is 0 Å². The Balaban J connectivity index is 1.55. The molecule has 1 aromatic carbocycles. The van der Waals surface area contributed by atoms with E-state index in [9.17, 15) is 0 Å². The maximum atomic E-state index is 5.31. The Morgan fingerprint density at radius 1 is 0.870 bits per heavy atom. The van der Waals surface area contributed by atoms with Crippen LogP contribution in [0.15, 0.2) is 47.0 Å². The zero-order valence-electron chi connectivity index (χ0n) is 12.7. The summed E-state index contributed by atoms with van der Waals surface area (Å²) < 4.78 is 5.31. The van der Waals surface area contributed by atoms with Gasteiger partial charge in [-0.1, -0.05) is 35.5 Å². The zero-order chi connectivity index (χ0) is 15.5. The molecule has 0 N–H and O–H groups in total. The average Bonchev–Trinajstić information content (AvgIpc) is 3.14. The van der Waals surface area contributed by atoms with Gasteiger partial charge in [-0.2, -0.15) is 4.98 Å². The highest BCUT2D eigenvalue weighted by Crippen LogP contribution is 2.22. The number of rotatable bonds is 3. The van der Waals surface area contributed by atoms with Crippen molar-refractivity contribution in [3.8, 4) is 23.0 Å². The summed E-state index contributed by atoms with van der Waals surface area (Å²) in [6, 6.07) is 13.6. The summed E-state index contributed by atoms with van der Waals surface area (Å²) >= 11 is 0. The van der Waals surface area contributed by atoms with Gasteiger partial charge in [0.1, 0.15) is 0 Å². The third kappa shape index (κ3) is 2.92. The van der Waals surface area contributed by atoms with E-state index in [-0.39, 0.29) is 0 Å². The Hall–Kier alpha value is -2.76. The van der Waals surface area contributed by atoms with Crippen LogP contribution in [-0.2, 0) is 0 Å². The van der Waals surface area contributed by atoms with Gasteiger partial charge in [0.2, 0.25) is 5.82 Å². The molecule has 4 rings (SSSR count). The highest BCUT2D eigenvalue weighted by atomic mass is 16.5. The molecular weight excluding hydrogens is 290 g/mol. The Morgan fingerprint density at radius 2 is 1.70 bits per heavy atom. The van der Waals surface area contributed by atoms with E-state index in [0.29, 0.717) is 17.4 Å². The lowest BCUT2D eigenvalue weighted by atomic mass is 10.1. The summed E-state index contributed by atoms with van der Waals surface area (Å²) in [5, 5.41) is 12.6. The minimum absolute atomic E-state index is 0.390. The van der Waals surface area contributed by atoms with Crippen molar-refractivity contribution in [1.29, 1.82) is 0 Å². The van der Waals surface area contributed by atoms with E-state index in [4.69, 9.17) is 4.52 Å². The predicted molar refractivity (Wildman–Crippen MR) is 86.8 cm³/mol. The van der Waals surface area contributed by atoms with Crippen molar-refractivity contribution < 1.29 is 4.52 Å². The molecule has 3 heterocycles. The molecule has 0 radical (unpaired) electrons. The number of nitrogens with zero attached hydrogens (tertiary/aromatic N) is 5. The van der Waals surface area contributed by atoms with E-state index in [2.05, 4.69) is 25.2 Å². The molecule has 3 aromatic rings. The van der Waals surface area contributed by atoms with E-state index in [1.54, 1.807) is 0 Å². The molecule has 6 heteroatoms. The second kappa shape index (κ2) is 6.16. The molecule has 1 aliphatic heterocycles. The molecule has 0 unspecified atom stereocenters. The number of piperidine rings is 1. The lowest BCUT2D eigenvalue weighted by Crippen LogP contribution is -2.30. The van der Waals surface area contributed by atoms with Crippen LogP contribution in [0.1, 0.15) is 19.3 Å². The van der Waals surface area contributed by atoms with Gasteiger partial charge < -0.3 is 9.42 Å². The molecule has 0 spiro atoms. The second-order valence-corrected chi connectivity index (χ2v) is 5.61. The molecule has 0 bridgehead atoms. The van der Waals surface area contributed by atoms with Gasteiger partial charge in [0.25, 0.3) is 5.89 Å². The van der Waals surface area contributed by atoms with Crippen LogP contribution in [0.4, 0.5) is 5.82 Å². The number of aromatic nitrogens is 4. The van der Waals surface area contributed by atoms with Crippen molar-refractivity contribution in [2.75, 3.05) is 18.0 Å². The maximum absolute atomic E-state index is 5.31. The topological polar surface area (TPSA) is 67.9 Å². The molecule has 1 fully saturated rings. The van der Waals surface area contributed by atoms with Gasteiger partial charge in [-0.05, 0) is 31.4 Å². The molecule has 0 saturated carbocycles. The highest BCUT2D eigenvalue weighted by Gasteiger charge is 2.15. The molecular formula is C17H17N5O. The molecule has 2 aromatic heterocycles. The van der Waals surface area contributed by atoms with Crippen LogP contribution in [0, 0.1) is 0 Å². The van der Waals surface area contributed by atoms with E-state index in [0.717, 1.165) is 24.5 Å². The van der Waals surface area contributed by atoms with Crippen LogP contribution in [-0.4, -0.2) is 33.4 Å². The first-order chi connectivity index (χ1) is 11.4. The standard InChI is InChI=1S/C17H17N5O/c1-3-7-13(8-4-1)16-18-17(23-21-16)14-9-10-15(20-19-14)22-11-5-2-6-12-22/h1,3-4,7-10H,2,5-6,11-12H2. The van der Waals surface area contributed by atoms with Crippen molar-refractivity contribution in [1.82, 2.24) is 20.3 Å². The molecule has 1 aliphatic rings. The Bertz CT molecular complexity index is 763. The molecule has 0 amide bonds. The summed E-state index contributed by atoms with van der Waals surface area (Å²) in [5.41, 5.74) is 1.51. The third-order valence-corrected chi connectivity index (χ3v) is 4.01.